The summed E-state index contributed by atoms with van der Waals surface area (Å²) in [5, 5.41) is 0. The van der Waals surface area contributed by atoms with E-state index in [2.05, 4.69) is 0 Å². The first-order valence-electron chi connectivity index (χ1n) is 13.4. The first kappa shape index (κ1) is 25.6. The Balaban J connectivity index is 1.64. The summed E-state index contributed by atoms with van der Waals surface area (Å²) in [5.74, 6) is -1.63. The lowest BCUT2D eigenvalue weighted by molar-refractivity contribution is -0.148. The maximum Gasteiger partial charge on any atom is 0.318 e. The molecule has 1 heterocycles. The molecule has 1 aliphatic heterocycles. The van der Waals surface area contributed by atoms with Gasteiger partial charge >= 0.3 is 5.97 Å². The molecule has 1 unspecified atom stereocenters. The quantitative estimate of drug-likeness (QED) is 0.222. The normalized spacial score (nSPS) is 22.6. The number of Topliss-reactive ketones (excluding diaryl/α,β-unsaturated/α-hetero) is 1. The molecular weight excluding hydrogens is 502 g/mol. The number of carbonyl (C=O) groups excluding carboxylic acids is 3. The molecule has 2 aliphatic rings. The molecule has 3 atom stereocenters. The summed E-state index contributed by atoms with van der Waals surface area (Å²) in [6, 6.07) is 33.1. The summed E-state index contributed by atoms with van der Waals surface area (Å²) < 4.78 is 11.3. The number of fused-ring (bicyclic) bond motifs is 2. The maximum atomic E-state index is 14.9. The van der Waals surface area contributed by atoms with E-state index in [4.69, 9.17) is 9.47 Å². The van der Waals surface area contributed by atoms with Crippen molar-refractivity contribution in [3.63, 3.8) is 0 Å². The van der Waals surface area contributed by atoms with Gasteiger partial charge in [-0.3, -0.25) is 14.4 Å². The SMILES string of the molecule is CCOC(=O)[C@]1(c2ccccc2)[C@@H](C(=O)c2ccccc2)C12C(=O)N(Cc1ccccc1)c1ccc(OC)cc12. The van der Waals surface area contributed by atoms with Crippen LogP contribution in [0.4, 0.5) is 5.69 Å². The van der Waals surface area contributed by atoms with Crippen LogP contribution in [0.1, 0.15) is 34.0 Å². The van der Waals surface area contributed by atoms with Crippen LogP contribution in [-0.2, 0) is 31.7 Å². The van der Waals surface area contributed by atoms with Crippen molar-refractivity contribution >= 4 is 23.3 Å². The Kier molecular flexibility index (Phi) is 6.26. The van der Waals surface area contributed by atoms with Gasteiger partial charge in [-0.25, -0.2) is 0 Å². The molecule has 6 heteroatoms. The van der Waals surface area contributed by atoms with E-state index < -0.39 is 22.7 Å². The van der Waals surface area contributed by atoms with Crippen LogP contribution in [0.5, 0.6) is 5.75 Å². The zero-order chi connectivity index (χ0) is 27.9. The van der Waals surface area contributed by atoms with E-state index in [1.54, 1.807) is 55.3 Å². The molecule has 6 rings (SSSR count). The van der Waals surface area contributed by atoms with Crippen molar-refractivity contribution < 1.29 is 23.9 Å². The van der Waals surface area contributed by atoms with Crippen LogP contribution in [-0.4, -0.2) is 31.4 Å². The van der Waals surface area contributed by atoms with Crippen LogP contribution in [0.2, 0.25) is 0 Å². The number of benzene rings is 4. The summed E-state index contributed by atoms with van der Waals surface area (Å²) in [7, 11) is 1.56. The lowest BCUT2D eigenvalue weighted by atomic mass is 9.82. The van der Waals surface area contributed by atoms with Crippen LogP contribution in [0.15, 0.2) is 109 Å². The second-order valence-electron chi connectivity index (χ2n) is 10.1. The number of ketones is 1. The number of carbonyl (C=O) groups is 3. The van der Waals surface area contributed by atoms with Gasteiger partial charge in [-0.2, -0.15) is 0 Å². The molecule has 6 nitrogen and oxygen atoms in total. The Bertz CT molecular complexity index is 1590. The molecule has 4 aromatic rings. The van der Waals surface area contributed by atoms with E-state index in [9.17, 15) is 14.4 Å². The summed E-state index contributed by atoms with van der Waals surface area (Å²) >= 11 is 0. The highest BCUT2D eigenvalue weighted by molar-refractivity contribution is 6.25. The third kappa shape index (κ3) is 3.45. The van der Waals surface area contributed by atoms with Crippen molar-refractivity contribution in [2.24, 2.45) is 5.92 Å². The number of hydrogen-bond donors (Lipinski definition) is 0. The summed E-state index contributed by atoms with van der Waals surface area (Å²) in [6.07, 6.45) is 0. The predicted molar refractivity (Wildman–Crippen MR) is 151 cm³/mol. The Labute approximate surface area is 233 Å². The topological polar surface area (TPSA) is 72.9 Å². The van der Waals surface area contributed by atoms with Crippen molar-refractivity contribution in [2.45, 2.75) is 24.3 Å². The lowest BCUT2D eigenvalue weighted by Gasteiger charge is -2.22. The van der Waals surface area contributed by atoms with Crippen molar-refractivity contribution in [1.29, 1.82) is 0 Å². The molecule has 1 fully saturated rings. The number of nitrogens with zero attached hydrogens (tertiary/aromatic N) is 1. The second-order valence-corrected chi connectivity index (χ2v) is 10.1. The highest BCUT2D eigenvalue weighted by atomic mass is 16.5. The van der Waals surface area contributed by atoms with Gasteiger partial charge in [-0.15, -0.1) is 0 Å². The first-order valence-corrected chi connectivity index (χ1v) is 13.4. The third-order valence-corrected chi connectivity index (χ3v) is 8.24. The molecule has 0 saturated heterocycles. The van der Waals surface area contributed by atoms with Gasteiger partial charge in [0.1, 0.15) is 16.6 Å². The van der Waals surface area contributed by atoms with Crippen molar-refractivity contribution in [3.05, 3.63) is 131 Å². The molecule has 0 radical (unpaired) electrons. The van der Waals surface area contributed by atoms with Crippen molar-refractivity contribution in [1.82, 2.24) is 0 Å². The molecule has 1 aliphatic carbocycles. The second kappa shape index (κ2) is 9.79. The Morgan fingerprint density at radius 3 is 2.10 bits per heavy atom. The fraction of sp³-hybridized carbons (Fsp3) is 0.206. The number of methoxy groups -OCH3 is 1. The molecule has 1 amide bonds. The van der Waals surface area contributed by atoms with Crippen LogP contribution in [0.3, 0.4) is 0 Å². The zero-order valence-electron chi connectivity index (χ0n) is 22.4. The van der Waals surface area contributed by atoms with Crippen LogP contribution >= 0.6 is 0 Å². The Morgan fingerprint density at radius 2 is 1.48 bits per heavy atom. The minimum atomic E-state index is -1.55. The number of hydrogen-bond acceptors (Lipinski definition) is 5. The zero-order valence-corrected chi connectivity index (χ0v) is 22.4. The van der Waals surface area contributed by atoms with Gasteiger partial charge in [0.2, 0.25) is 5.91 Å². The predicted octanol–water partition coefficient (Wildman–Crippen LogP) is 5.49. The highest BCUT2D eigenvalue weighted by Crippen LogP contribution is 2.76. The third-order valence-electron chi connectivity index (χ3n) is 8.24. The Hall–Kier alpha value is -4.71. The van der Waals surface area contributed by atoms with Gasteiger partial charge in [0, 0.05) is 11.3 Å². The minimum Gasteiger partial charge on any atom is -0.497 e. The van der Waals surface area contributed by atoms with Gasteiger partial charge in [0.15, 0.2) is 5.78 Å². The number of ether oxygens (including phenoxy) is 2. The van der Waals surface area contributed by atoms with E-state index in [1.807, 2.05) is 72.8 Å². The van der Waals surface area contributed by atoms with E-state index in [0.29, 0.717) is 34.7 Å². The van der Waals surface area contributed by atoms with Crippen LogP contribution < -0.4 is 9.64 Å². The molecule has 0 bridgehead atoms. The van der Waals surface area contributed by atoms with E-state index in [-0.39, 0.29) is 18.3 Å². The van der Waals surface area contributed by atoms with Gasteiger partial charge in [-0.1, -0.05) is 91.0 Å². The highest BCUT2D eigenvalue weighted by Gasteiger charge is 2.90. The molecule has 40 heavy (non-hydrogen) atoms. The van der Waals surface area contributed by atoms with E-state index in [1.165, 1.54) is 0 Å². The fourth-order valence-corrected chi connectivity index (χ4v) is 6.59. The number of rotatable bonds is 8. The number of amides is 1. The smallest absolute Gasteiger partial charge is 0.318 e. The van der Waals surface area contributed by atoms with Crippen molar-refractivity contribution in [2.75, 3.05) is 18.6 Å². The molecular formula is C34H29NO5. The average Bonchev–Trinajstić information content (AvgIpc) is 3.59. The van der Waals surface area contributed by atoms with Crippen LogP contribution in [0, 0.1) is 5.92 Å². The molecule has 0 aromatic heterocycles. The largest absolute Gasteiger partial charge is 0.497 e. The van der Waals surface area contributed by atoms with Crippen LogP contribution in [0.25, 0.3) is 0 Å². The minimum absolute atomic E-state index is 0.114. The summed E-state index contributed by atoms with van der Waals surface area (Å²) in [5.41, 5.74) is 0.135. The fourth-order valence-electron chi connectivity index (χ4n) is 6.59. The van der Waals surface area contributed by atoms with Gasteiger partial charge in [0.05, 0.1) is 26.2 Å². The summed E-state index contributed by atoms with van der Waals surface area (Å²) in [6.45, 7) is 2.14. The number of esters is 1. The van der Waals surface area contributed by atoms with Crippen molar-refractivity contribution in [3.8, 4) is 5.75 Å². The monoisotopic (exact) mass is 531 g/mol. The first-order chi connectivity index (χ1) is 19.5. The Morgan fingerprint density at radius 1 is 0.850 bits per heavy atom. The molecule has 0 N–H and O–H groups in total. The maximum absolute atomic E-state index is 14.9. The van der Waals surface area contributed by atoms with Gasteiger partial charge in [-0.05, 0) is 41.8 Å². The molecule has 1 spiro atoms. The van der Waals surface area contributed by atoms with Gasteiger partial charge < -0.3 is 14.4 Å². The van der Waals surface area contributed by atoms with E-state index in [0.717, 1.165) is 5.56 Å². The standard InChI is InChI=1S/C34H29NO5/c1-3-40-32(38)33(25-17-11-6-12-18-25)30(29(36)24-15-9-5-10-16-24)34(33)27-21-26(39-2)19-20-28(27)35(31(34)37)22-23-13-7-4-8-14-23/h4-21,30H,3,22H2,1-2H3/t30-,33+,34?/m1/s1. The lowest BCUT2D eigenvalue weighted by Crippen LogP contribution is -2.40. The number of anilines is 1. The molecule has 1 saturated carbocycles. The van der Waals surface area contributed by atoms with Gasteiger partial charge in [0.25, 0.3) is 0 Å². The average molecular weight is 532 g/mol. The molecule has 4 aromatic carbocycles. The molecule has 200 valence electrons. The summed E-state index contributed by atoms with van der Waals surface area (Å²) in [4.78, 5) is 45.3. The van der Waals surface area contributed by atoms with E-state index >= 15 is 0 Å².